The second-order valence-electron chi connectivity index (χ2n) is 3.37. The first-order chi connectivity index (χ1) is 7.63. The zero-order valence-electron chi connectivity index (χ0n) is 10.2. The molecule has 6 nitrogen and oxygen atoms in total. The fraction of sp³-hybridized carbons (Fsp3) is 0.600. The number of aryl methyl sites for hydroxylation is 2. The number of ether oxygens (including phenoxy) is 1. The second-order valence-corrected chi connectivity index (χ2v) is 3.37. The summed E-state index contributed by atoms with van der Waals surface area (Å²) in [5.41, 5.74) is 7.62. The van der Waals surface area contributed by atoms with Crippen molar-refractivity contribution in [3.63, 3.8) is 0 Å². The molecule has 0 saturated heterocycles. The van der Waals surface area contributed by atoms with Crippen LogP contribution in [0.3, 0.4) is 0 Å². The van der Waals surface area contributed by atoms with Crippen molar-refractivity contribution in [2.75, 3.05) is 14.2 Å². The van der Waals surface area contributed by atoms with Crippen LogP contribution in [-0.2, 0) is 20.0 Å². The Kier molecular flexibility index (Phi) is 4.16. The smallest absolute Gasteiger partial charge is 0.216 e. The van der Waals surface area contributed by atoms with Gasteiger partial charge in [0.05, 0.1) is 24.9 Å². The largest absolute Gasteiger partial charge is 0.481 e. The highest BCUT2D eigenvalue weighted by Gasteiger charge is 2.15. The normalized spacial score (nSPS) is 11.6. The minimum atomic E-state index is 0.410. The van der Waals surface area contributed by atoms with Crippen molar-refractivity contribution in [2.45, 2.75) is 19.9 Å². The van der Waals surface area contributed by atoms with Crippen LogP contribution in [0.5, 0.6) is 5.88 Å². The number of nitrogens with one attached hydrogen (secondary N) is 1. The third-order valence-electron chi connectivity index (χ3n) is 2.39. The molecule has 1 heterocycles. The molecule has 0 aliphatic rings. The van der Waals surface area contributed by atoms with Crippen LogP contribution in [0.1, 0.15) is 18.2 Å². The van der Waals surface area contributed by atoms with Gasteiger partial charge in [-0.2, -0.15) is 5.10 Å². The summed E-state index contributed by atoms with van der Waals surface area (Å²) in [5.74, 6) is 1.17. The Balaban J connectivity index is 2.91. The highest BCUT2D eigenvalue weighted by atomic mass is 16.5. The zero-order chi connectivity index (χ0) is 12.1. The van der Waals surface area contributed by atoms with Gasteiger partial charge in [-0.15, -0.1) is 0 Å². The van der Waals surface area contributed by atoms with E-state index in [1.165, 1.54) is 0 Å². The summed E-state index contributed by atoms with van der Waals surface area (Å²) < 4.78 is 7.04. The Morgan fingerprint density at radius 3 is 2.81 bits per heavy atom. The summed E-state index contributed by atoms with van der Waals surface area (Å²) in [6.45, 7) is 2.63. The number of rotatable bonds is 4. The van der Waals surface area contributed by atoms with Crippen molar-refractivity contribution >= 4 is 5.96 Å². The van der Waals surface area contributed by atoms with Crippen LogP contribution in [0, 0.1) is 0 Å². The molecule has 0 aliphatic heterocycles. The van der Waals surface area contributed by atoms with Crippen LogP contribution in [0.15, 0.2) is 4.99 Å². The SMILES string of the molecule is CCc1nn(C)c(OC)c1CNC(N)=NC. The van der Waals surface area contributed by atoms with Crippen LogP contribution < -0.4 is 15.8 Å². The van der Waals surface area contributed by atoms with E-state index in [0.29, 0.717) is 12.5 Å². The Hall–Kier alpha value is -1.72. The first kappa shape index (κ1) is 12.4. The van der Waals surface area contributed by atoms with E-state index in [2.05, 4.69) is 22.3 Å². The van der Waals surface area contributed by atoms with E-state index in [0.717, 1.165) is 23.6 Å². The second kappa shape index (κ2) is 5.39. The summed E-state index contributed by atoms with van der Waals surface area (Å²) in [6, 6.07) is 0. The molecule has 0 amide bonds. The van der Waals surface area contributed by atoms with Crippen molar-refractivity contribution < 1.29 is 4.74 Å². The van der Waals surface area contributed by atoms with Crippen LogP contribution in [0.4, 0.5) is 0 Å². The lowest BCUT2D eigenvalue weighted by Gasteiger charge is -2.07. The Bertz CT molecular complexity index is 383. The highest BCUT2D eigenvalue weighted by molar-refractivity contribution is 5.77. The molecule has 90 valence electrons. The molecule has 0 fully saturated rings. The Morgan fingerprint density at radius 2 is 2.31 bits per heavy atom. The van der Waals surface area contributed by atoms with Gasteiger partial charge in [0.15, 0.2) is 5.96 Å². The predicted molar refractivity (Wildman–Crippen MR) is 63.5 cm³/mol. The number of aliphatic imine (C=N–C) groups is 1. The standard InChI is InChI=1S/C10H19N5O/c1-5-8-7(6-13-10(11)12-2)9(16-4)15(3)14-8/h5-6H2,1-4H3,(H3,11,12,13). The summed E-state index contributed by atoms with van der Waals surface area (Å²) in [6.07, 6.45) is 0.859. The van der Waals surface area contributed by atoms with Gasteiger partial charge >= 0.3 is 0 Å². The molecule has 16 heavy (non-hydrogen) atoms. The van der Waals surface area contributed by atoms with Crippen LogP contribution in [0.2, 0.25) is 0 Å². The first-order valence-corrected chi connectivity index (χ1v) is 5.18. The van der Waals surface area contributed by atoms with Crippen molar-refractivity contribution in [2.24, 2.45) is 17.8 Å². The maximum Gasteiger partial charge on any atom is 0.216 e. The maximum absolute atomic E-state index is 5.58. The summed E-state index contributed by atoms with van der Waals surface area (Å²) in [7, 11) is 5.14. The van der Waals surface area contributed by atoms with E-state index in [-0.39, 0.29) is 0 Å². The average Bonchev–Trinajstić information content (AvgIpc) is 2.61. The van der Waals surface area contributed by atoms with Crippen molar-refractivity contribution in [1.82, 2.24) is 15.1 Å². The quantitative estimate of drug-likeness (QED) is 0.559. The molecule has 0 saturated carbocycles. The molecule has 0 atom stereocenters. The van der Waals surface area contributed by atoms with Gasteiger partial charge in [-0.3, -0.25) is 4.99 Å². The molecule has 0 unspecified atom stereocenters. The number of aromatic nitrogens is 2. The lowest BCUT2D eigenvalue weighted by atomic mass is 10.2. The lowest BCUT2D eigenvalue weighted by Crippen LogP contribution is -2.31. The predicted octanol–water partition coefficient (Wildman–Crippen LogP) is 0.0252. The maximum atomic E-state index is 5.58. The van der Waals surface area contributed by atoms with E-state index in [1.807, 2.05) is 7.05 Å². The number of guanidine groups is 1. The molecule has 0 bridgehead atoms. The Labute approximate surface area is 95.5 Å². The number of nitrogens with two attached hydrogens (primary N) is 1. The van der Waals surface area contributed by atoms with E-state index in [9.17, 15) is 0 Å². The molecular weight excluding hydrogens is 206 g/mol. The summed E-state index contributed by atoms with van der Waals surface area (Å²) in [5, 5.41) is 7.38. The van der Waals surface area contributed by atoms with Crippen LogP contribution in [0.25, 0.3) is 0 Å². The molecule has 0 aromatic carbocycles. The summed E-state index contributed by atoms with van der Waals surface area (Å²) >= 11 is 0. The van der Waals surface area contributed by atoms with Gasteiger partial charge in [0, 0.05) is 14.1 Å². The van der Waals surface area contributed by atoms with Gasteiger partial charge in [0.25, 0.3) is 0 Å². The molecular formula is C10H19N5O. The average molecular weight is 225 g/mol. The zero-order valence-corrected chi connectivity index (χ0v) is 10.2. The van der Waals surface area contributed by atoms with Crippen molar-refractivity contribution in [3.8, 4) is 5.88 Å². The fourth-order valence-electron chi connectivity index (χ4n) is 1.58. The van der Waals surface area contributed by atoms with Gasteiger partial charge in [-0.05, 0) is 6.42 Å². The molecule has 0 radical (unpaired) electrons. The monoisotopic (exact) mass is 225 g/mol. The van der Waals surface area contributed by atoms with Crippen molar-refractivity contribution in [3.05, 3.63) is 11.3 Å². The van der Waals surface area contributed by atoms with E-state index in [4.69, 9.17) is 10.5 Å². The minimum Gasteiger partial charge on any atom is -0.481 e. The van der Waals surface area contributed by atoms with E-state index in [1.54, 1.807) is 18.8 Å². The number of nitrogens with zero attached hydrogens (tertiary/aromatic N) is 3. The molecule has 6 heteroatoms. The van der Waals surface area contributed by atoms with Gasteiger partial charge in [-0.25, -0.2) is 4.68 Å². The lowest BCUT2D eigenvalue weighted by molar-refractivity contribution is 0.369. The molecule has 1 aromatic heterocycles. The third kappa shape index (κ3) is 2.44. The molecule has 1 rings (SSSR count). The number of hydrogen-bond acceptors (Lipinski definition) is 3. The van der Waals surface area contributed by atoms with E-state index < -0.39 is 0 Å². The van der Waals surface area contributed by atoms with Crippen LogP contribution >= 0.6 is 0 Å². The summed E-state index contributed by atoms with van der Waals surface area (Å²) in [4.78, 5) is 3.84. The highest BCUT2D eigenvalue weighted by Crippen LogP contribution is 2.21. The van der Waals surface area contributed by atoms with Gasteiger partial charge in [-0.1, -0.05) is 6.92 Å². The van der Waals surface area contributed by atoms with Crippen molar-refractivity contribution in [1.29, 1.82) is 0 Å². The minimum absolute atomic E-state index is 0.410. The molecule has 0 spiro atoms. The van der Waals surface area contributed by atoms with Gasteiger partial charge in [0.1, 0.15) is 0 Å². The number of methoxy groups -OCH3 is 1. The molecule has 0 aliphatic carbocycles. The fourth-order valence-corrected chi connectivity index (χ4v) is 1.58. The first-order valence-electron chi connectivity index (χ1n) is 5.18. The Morgan fingerprint density at radius 1 is 1.62 bits per heavy atom. The van der Waals surface area contributed by atoms with Crippen LogP contribution in [-0.4, -0.2) is 29.9 Å². The molecule has 1 aromatic rings. The third-order valence-corrected chi connectivity index (χ3v) is 2.39. The van der Waals surface area contributed by atoms with Gasteiger partial charge in [0.2, 0.25) is 5.88 Å². The topological polar surface area (TPSA) is 77.5 Å². The number of hydrogen-bond donors (Lipinski definition) is 2. The molecule has 3 N–H and O–H groups in total. The van der Waals surface area contributed by atoms with E-state index >= 15 is 0 Å². The van der Waals surface area contributed by atoms with Gasteiger partial charge < -0.3 is 15.8 Å².